The summed E-state index contributed by atoms with van der Waals surface area (Å²) in [5, 5.41) is 13.7. The van der Waals surface area contributed by atoms with Gasteiger partial charge in [-0.05, 0) is 53.5 Å². The Hall–Kier alpha value is -2.27. The van der Waals surface area contributed by atoms with Crippen LogP contribution in [0.5, 0.6) is 5.75 Å². The number of aromatic nitrogens is 1. The molecule has 24 heavy (non-hydrogen) atoms. The molecular formula is C19H19BrN2O2. The fourth-order valence-electron chi connectivity index (χ4n) is 2.90. The topological polar surface area (TPSA) is 54.3 Å². The van der Waals surface area contributed by atoms with Crippen molar-refractivity contribution in [3.63, 3.8) is 0 Å². The number of nitrogens with zero attached hydrogens (tertiary/aromatic N) is 1. The highest BCUT2D eigenvalue weighted by molar-refractivity contribution is 9.10. The van der Waals surface area contributed by atoms with Crippen molar-refractivity contribution >= 4 is 32.7 Å². The zero-order valence-electron chi connectivity index (χ0n) is 13.6. The minimum Gasteiger partial charge on any atom is -0.508 e. The second kappa shape index (κ2) is 6.69. The summed E-state index contributed by atoms with van der Waals surface area (Å²) in [5.74, 6) is 0.131. The fourth-order valence-corrected chi connectivity index (χ4v) is 3.45. The van der Waals surface area contributed by atoms with E-state index in [1.54, 1.807) is 18.2 Å². The Morgan fingerprint density at radius 3 is 2.75 bits per heavy atom. The highest BCUT2D eigenvalue weighted by atomic mass is 79.9. The first-order chi connectivity index (χ1) is 11.5. The molecule has 1 atom stereocenters. The van der Waals surface area contributed by atoms with E-state index >= 15 is 0 Å². The maximum atomic E-state index is 12.5. The number of aromatic hydroxyl groups is 1. The average Bonchev–Trinajstić information content (AvgIpc) is 2.80. The van der Waals surface area contributed by atoms with Crippen molar-refractivity contribution in [3.8, 4) is 5.75 Å². The predicted octanol–water partition coefficient (Wildman–Crippen LogP) is 4.30. The van der Waals surface area contributed by atoms with Gasteiger partial charge in [0.1, 0.15) is 12.3 Å². The molecule has 0 bridgehead atoms. The normalized spacial score (nSPS) is 12.3. The largest absolute Gasteiger partial charge is 0.508 e. The molecule has 1 amide bonds. The molecule has 0 saturated carbocycles. The van der Waals surface area contributed by atoms with Crippen LogP contribution in [0.1, 0.15) is 24.2 Å². The summed E-state index contributed by atoms with van der Waals surface area (Å²) in [7, 11) is 0. The van der Waals surface area contributed by atoms with Crippen LogP contribution >= 0.6 is 15.9 Å². The highest BCUT2D eigenvalue weighted by Crippen LogP contribution is 2.30. The maximum Gasteiger partial charge on any atom is 0.240 e. The number of phenols is 1. The molecule has 0 aliphatic carbocycles. The third-order valence-corrected chi connectivity index (χ3v) is 5.20. The third kappa shape index (κ3) is 3.17. The highest BCUT2D eigenvalue weighted by Gasteiger charge is 2.16. The van der Waals surface area contributed by atoms with Crippen molar-refractivity contribution in [1.82, 2.24) is 9.88 Å². The van der Waals surface area contributed by atoms with Crippen molar-refractivity contribution in [2.75, 3.05) is 0 Å². The van der Waals surface area contributed by atoms with Crippen LogP contribution in [0.15, 0.2) is 53.0 Å². The Bertz CT molecular complexity index is 902. The Morgan fingerprint density at radius 2 is 2.00 bits per heavy atom. The molecule has 2 N–H and O–H groups in total. The van der Waals surface area contributed by atoms with Crippen LogP contribution in [0.25, 0.3) is 10.9 Å². The molecule has 1 heterocycles. The molecule has 0 fully saturated rings. The molecule has 3 aromatic rings. The predicted molar refractivity (Wildman–Crippen MR) is 99.0 cm³/mol. The number of phenolic OH excluding ortho intramolecular Hbond substituents is 1. The molecule has 0 radical (unpaired) electrons. The van der Waals surface area contributed by atoms with Crippen LogP contribution in [-0.2, 0) is 11.3 Å². The molecule has 5 heteroatoms. The number of hydrogen-bond acceptors (Lipinski definition) is 2. The lowest BCUT2D eigenvalue weighted by atomic mass is 10.1. The number of fused-ring (bicyclic) bond motifs is 1. The van der Waals surface area contributed by atoms with Crippen LogP contribution < -0.4 is 5.32 Å². The summed E-state index contributed by atoms with van der Waals surface area (Å²) in [6.07, 6.45) is 0. The van der Waals surface area contributed by atoms with E-state index in [1.165, 1.54) is 0 Å². The van der Waals surface area contributed by atoms with Gasteiger partial charge in [-0.3, -0.25) is 4.79 Å². The minimum absolute atomic E-state index is 0.0674. The smallest absolute Gasteiger partial charge is 0.240 e. The van der Waals surface area contributed by atoms with Gasteiger partial charge in [0.15, 0.2) is 0 Å². The summed E-state index contributed by atoms with van der Waals surface area (Å²) in [6, 6.07) is 14.8. The quantitative estimate of drug-likeness (QED) is 0.702. The Labute approximate surface area is 149 Å². The van der Waals surface area contributed by atoms with Crippen LogP contribution in [-0.4, -0.2) is 15.6 Å². The van der Waals surface area contributed by atoms with Gasteiger partial charge in [0.2, 0.25) is 5.91 Å². The van der Waals surface area contributed by atoms with Gasteiger partial charge >= 0.3 is 0 Å². The SMILES string of the molecule is Cc1c(Br)c2ccccc2n1CC(=O)NC(C)c1cccc(O)c1. The van der Waals surface area contributed by atoms with Gasteiger partial charge < -0.3 is 15.0 Å². The van der Waals surface area contributed by atoms with Crippen molar-refractivity contribution < 1.29 is 9.90 Å². The second-order valence-electron chi connectivity index (χ2n) is 5.89. The molecule has 3 rings (SSSR count). The van der Waals surface area contributed by atoms with Crippen LogP contribution in [0.2, 0.25) is 0 Å². The molecule has 2 aromatic carbocycles. The van der Waals surface area contributed by atoms with Gasteiger partial charge in [-0.2, -0.15) is 0 Å². The van der Waals surface area contributed by atoms with E-state index in [1.807, 2.05) is 48.7 Å². The number of halogens is 1. The third-order valence-electron chi connectivity index (χ3n) is 4.20. The zero-order chi connectivity index (χ0) is 17.3. The summed E-state index contributed by atoms with van der Waals surface area (Å²) < 4.78 is 3.02. The van der Waals surface area contributed by atoms with Gasteiger partial charge in [-0.15, -0.1) is 0 Å². The molecule has 1 unspecified atom stereocenters. The molecule has 124 valence electrons. The molecule has 0 aliphatic rings. The molecule has 0 saturated heterocycles. The standard InChI is InChI=1S/C19H19BrN2O2/c1-12(14-6-5-7-15(23)10-14)21-18(24)11-22-13(2)19(20)16-8-3-4-9-17(16)22/h3-10,12,23H,11H2,1-2H3,(H,21,24). The van der Waals surface area contributed by atoms with E-state index in [0.717, 1.165) is 26.6 Å². The van der Waals surface area contributed by atoms with Crippen molar-refractivity contribution in [1.29, 1.82) is 0 Å². The van der Waals surface area contributed by atoms with Crippen LogP contribution in [0, 0.1) is 6.92 Å². The number of carbonyl (C=O) groups excluding carboxylic acids is 1. The first-order valence-corrected chi connectivity index (χ1v) is 8.58. The number of rotatable bonds is 4. The van der Waals surface area contributed by atoms with E-state index in [4.69, 9.17) is 0 Å². The van der Waals surface area contributed by atoms with Crippen molar-refractivity contribution in [2.24, 2.45) is 0 Å². The number of nitrogens with one attached hydrogen (secondary N) is 1. The minimum atomic E-state index is -0.171. The van der Waals surface area contributed by atoms with Gasteiger partial charge in [0.05, 0.1) is 6.04 Å². The Balaban J connectivity index is 1.79. The van der Waals surface area contributed by atoms with Crippen LogP contribution in [0.4, 0.5) is 0 Å². The number of para-hydroxylation sites is 1. The molecule has 0 aliphatic heterocycles. The van der Waals surface area contributed by atoms with E-state index in [0.29, 0.717) is 0 Å². The summed E-state index contributed by atoms with van der Waals surface area (Å²) in [5.41, 5.74) is 2.93. The lowest BCUT2D eigenvalue weighted by Gasteiger charge is -2.16. The summed E-state index contributed by atoms with van der Waals surface area (Å²) >= 11 is 3.61. The number of hydrogen-bond donors (Lipinski definition) is 2. The average molecular weight is 387 g/mol. The van der Waals surface area contributed by atoms with E-state index in [9.17, 15) is 9.90 Å². The monoisotopic (exact) mass is 386 g/mol. The lowest BCUT2D eigenvalue weighted by Crippen LogP contribution is -2.30. The second-order valence-corrected chi connectivity index (χ2v) is 6.68. The number of carbonyl (C=O) groups is 1. The first kappa shape index (κ1) is 16.6. The van der Waals surface area contributed by atoms with E-state index in [2.05, 4.69) is 21.2 Å². The molecule has 1 aromatic heterocycles. The van der Waals surface area contributed by atoms with Gasteiger partial charge in [-0.1, -0.05) is 30.3 Å². The van der Waals surface area contributed by atoms with Gasteiger partial charge in [-0.25, -0.2) is 0 Å². The molecule has 0 spiro atoms. The summed E-state index contributed by atoms with van der Waals surface area (Å²) in [4.78, 5) is 12.5. The zero-order valence-corrected chi connectivity index (χ0v) is 15.2. The summed E-state index contributed by atoms with van der Waals surface area (Å²) in [6.45, 7) is 4.15. The Morgan fingerprint density at radius 1 is 1.25 bits per heavy atom. The van der Waals surface area contributed by atoms with E-state index in [-0.39, 0.29) is 24.2 Å². The molecule has 4 nitrogen and oxygen atoms in total. The molecular weight excluding hydrogens is 368 g/mol. The maximum absolute atomic E-state index is 12.5. The van der Waals surface area contributed by atoms with Crippen molar-refractivity contribution in [3.05, 3.63) is 64.3 Å². The Kier molecular flexibility index (Phi) is 4.62. The van der Waals surface area contributed by atoms with Gasteiger partial charge in [0, 0.05) is 21.1 Å². The number of amides is 1. The fraction of sp³-hybridized carbons (Fsp3) is 0.211. The van der Waals surface area contributed by atoms with E-state index < -0.39 is 0 Å². The first-order valence-electron chi connectivity index (χ1n) is 7.79. The lowest BCUT2D eigenvalue weighted by molar-refractivity contribution is -0.122. The van der Waals surface area contributed by atoms with Crippen LogP contribution in [0.3, 0.4) is 0 Å². The van der Waals surface area contributed by atoms with Gasteiger partial charge in [0.25, 0.3) is 0 Å². The van der Waals surface area contributed by atoms with Crippen molar-refractivity contribution in [2.45, 2.75) is 26.4 Å². The number of benzene rings is 2.